The topological polar surface area (TPSA) is 22.0 Å². The van der Waals surface area contributed by atoms with Crippen LogP contribution < -0.4 is 0 Å². The normalized spacial score (nSPS) is 10.6. The number of hydrogen-bond donors (Lipinski definition) is 1. The smallest absolute Gasteiger partial charge is 0.177 e. The average molecular weight is 191 g/mol. The van der Waals surface area contributed by atoms with Crippen molar-refractivity contribution in [1.29, 1.82) is 0 Å². The van der Waals surface area contributed by atoms with Crippen LogP contribution in [0.25, 0.3) is 10.9 Å². The summed E-state index contributed by atoms with van der Waals surface area (Å²) in [5.41, 5.74) is 1.60. The van der Waals surface area contributed by atoms with Crippen LogP contribution in [0.15, 0.2) is 30.3 Å². The molecule has 0 atom stereocenters. The summed E-state index contributed by atoms with van der Waals surface area (Å²) < 4.78 is 1.62. The highest BCUT2D eigenvalue weighted by Gasteiger charge is 2.08. The first-order valence-corrected chi connectivity index (χ1v) is 4.41. The van der Waals surface area contributed by atoms with Gasteiger partial charge in [0.1, 0.15) is 0 Å². The number of ketones is 1. The van der Waals surface area contributed by atoms with Crippen LogP contribution in [0.4, 0.5) is 0 Å². The van der Waals surface area contributed by atoms with Crippen LogP contribution in [0.5, 0.6) is 0 Å². The molecule has 0 aliphatic carbocycles. The number of benzene rings is 1. The van der Waals surface area contributed by atoms with E-state index in [0.29, 0.717) is 5.69 Å². The molecule has 0 N–H and O–H groups in total. The largest absolute Gasteiger partial charge is 0.293 e. The molecular weight excluding hydrogens is 182 g/mol. The molecule has 0 aliphatic rings. The van der Waals surface area contributed by atoms with Crippen molar-refractivity contribution < 1.29 is 4.79 Å². The molecule has 0 spiro atoms. The monoisotopic (exact) mass is 191 g/mol. The van der Waals surface area contributed by atoms with Gasteiger partial charge in [0.2, 0.25) is 0 Å². The number of rotatable bonds is 1. The van der Waals surface area contributed by atoms with Gasteiger partial charge in [-0.3, -0.25) is 8.77 Å². The zero-order valence-corrected chi connectivity index (χ0v) is 8.08. The highest BCUT2D eigenvalue weighted by Crippen LogP contribution is 2.20. The van der Waals surface area contributed by atoms with Crippen LogP contribution in [0.3, 0.4) is 0 Å². The van der Waals surface area contributed by atoms with E-state index in [2.05, 4.69) is 12.8 Å². The first kappa shape index (κ1) is 8.38. The van der Waals surface area contributed by atoms with Crippen LogP contribution in [0, 0.1) is 0 Å². The van der Waals surface area contributed by atoms with Crippen molar-refractivity contribution in [3.05, 3.63) is 36.0 Å². The molecule has 0 saturated carbocycles. The van der Waals surface area contributed by atoms with Crippen LogP contribution >= 0.6 is 12.8 Å². The number of nitrogens with zero attached hydrogens (tertiary/aromatic N) is 1. The van der Waals surface area contributed by atoms with E-state index < -0.39 is 0 Å². The third-order valence-electron chi connectivity index (χ3n) is 2.05. The van der Waals surface area contributed by atoms with E-state index in [0.717, 1.165) is 10.9 Å². The second kappa shape index (κ2) is 2.92. The van der Waals surface area contributed by atoms with Gasteiger partial charge >= 0.3 is 0 Å². The van der Waals surface area contributed by atoms with E-state index in [1.54, 1.807) is 10.9 Å². The van der Waals surface area contributed by atoms with Gasteiger partial charge in [-0.15, -0.1) is 0 Å². The minimum absolute atomic E-state index is 0.0335. The molecule has 2 aromatic rings. The molecule has 0 radical (unpaired) electrons. The van der Waals surface area contributed by atoms with Gasteiger partial charge in [0.25, 0.3) is 0 Å². The molecule has 0 unspecified atom stereocenters. The van der Waals surface area contributed by atoms with Crippen molar-refractivity contribution in [2.75, 3.05) is 0 Å². The molecule has 3 heteroatoms. The highest BCUT2D eigenvalue weighted by atomic mass is 32.1. The lowest BCUT2D eigenvalue weighted by Gasteiger charge is -1.96. The molecule has 0 saturated heterocycles. The molecule has 0 bridgehead atoms. The van der Waals surface area contributed by atoms with Crippen LogP contribution in [-0.2, 0) is 0 Å². The second-order valence-electron chi connectivity index (χ2n) is 2.96. The molecule has 2 rings (SSSR count). The third-order valence-corrected chi connectivity index (χ3v) is 2.48. The Bertz CT molecular complexity index is 473. The van der Waals surface area contributed by atoms with E-state index in [1.807, 2.05) is 30.3 Å². The Balaban J connectivity index is 2.81. The molecule has 66 valence electrons. The number of hydrogen-bond acceptors (Lipinski definition) is 2. The standard InChI is InChI=1S/C10H9NOS/c1-7(12)10-6-8-4-2-3-5-9(8)11(10)13/h2-6,13H,1H3. The van der Waals surface area contributed by atoms with E-state index in [4.69, 9.17) is 0 Å². The van der Waals surface area contributed by atoms with Crippen molar-refractivity contribution in [2.24, 2.45) is 0 Å². The summed E-state index contributed by atoms with van der Waals surface area (Å²) in [5, 5.41) is 1.04. The van der Waals surface area contributed by atoms with Crippen LogP contribution in [0.1, 0.15) is 17.4 Å². The quantitative estimate of drug-likeness (QED) is 0.543. The first-order chi connectivity index (χ1) is 6.20. The molecule has 0 aliphatic heterocycles. The lowest BCUT2D eigenvalue weighted by molar-refractivity contribution is 0.101. The SMILES string of the molecule is CC(=O)c1cc2ccccc2n1S. The van der Waals surface area contributed by atoms with E-state index >= 15 is 0 Å². The molecule has 1 aromatic carbocycles. The van der Waals surface area contributed by atoms with E-state index in [-0.39, 0.29) is 5.78 Å². The summed E-state index contributed by atoms with van der Waals surface area (Å²) in [4.78, 5) is 11.2. The summed E-state index contributed by atoms with van der Waals surface area (Å²) >= 11 is 4.25. The summed E-state index contributed by atoms with van der Waals surface area (Å²) in [5.74, 6) is 0.0335. The van der Waals surface area contributed by atoms with Gasteiger partial charge < -0.3 is 0 Å². The Labute approximate surface area is 81.7 Å². The molecular formula is C10H9NOS. The maximum Gasteiger partial charge on any atom is 0.177 e. The first-order valence-electron chi connectivity index (χ1n) is 4.01. The average Bonchev–Trinajstić information content (AvgIpc) is 2.45. The van der Waals surface area contributed by atoms with Gasteiger partial charge in [-0.2, -0.15) is 0 Å². The fourth-order valence-corrected chi connectivity index (χ4v) is 1.77. The van der Waals surface area contributed by atoms with Gasteiger partial charge in [-0.05, 0) is 12.1 Å². The zero-order valence-electron chi connectivity index (χ0n) is 7.19. The third kappa shape index (κ3) is 1.25. The number of carbonyl (C=O) groups is 1. The number of carbonyl (C=O) groups excluding carboxylic acids is 1. The maximum atomic E-state index is 11.2. The van der Waals surface area contributed by atoms with E-state index in [9.17, 15) is 4.79 Å². The lowest BCUT2D eigenvalue weighted by Crippen LogP contribution is -1.96. The predicted molar refractivity (Wildman–Crippen MR) is 56.3 cm³/mol. The Kier molecular flexibility index (Phi) is 1.88. The highest BCUT2D eigenvalue weighted by molar-refractivity contribution is 7.78. The van der Waals surface area contributed by atoms with Gasteiger partial charge in [0.15, 0.2) is 5.78 Å². The minimum Gasteiger partial charge on any atom is -0.293 e. The van der Waals surface area contributed by atoms with Gasteiger partial charge in [0.05, 0.1) is 11.2 Å². The van der Waals surface area contributed by atoms with Gasteiger partial charge in [-0.25, -0.2) is 0 Å². The molecule has 1 heterocycles. The fourth-order valence-electron chi connectivity index (χ4n) is 1.39. The zero-order chi connectivity index (χ0) is 9.42. The molecule has 2 nitrogen and oxygen atoms in total. The van der Waals surface area contributed by atoms with Gasteiger partial charge in [0, 0.05) is 12.3 Å². The number of fused-ring (bicyclic) bond motifs is 1. The second-order valence-corrected chi connectivity index (χ2v) is 3.36. The Morgan fingerprint density at radius 2 is 2.08 bits per heavy atom. The van der Waals surface area contributed by atoms with Crippen molar-refractivity contribution >= 4 is 29.5 Å². The summed E-state index contributed by atoms with van der Waals surface area (Å²) in [7, 11) is 0. The molecule has 0 fully saturated rings. The van der Waals surface area contributed by atoms with Crippen molar-refractivity contribution in [2.45, 2.75) is 6.92 Å². The number of aromatic nitrogens is 1. The molecule has 1 aromatic heterocycles. The Morgan fingerprint density at radius 1 is 1.38 bits per heavy atom. The number of thiol groups is 1. The van der Waals surface area contributed by atoms with Crippen molar-refractivity contribution in [1.82, 2.24) is 3.97 Å². The summed E-state index contributed by atoms with van der Waals surface area (Å²) in [6.07, 6.45) is 0. The maximum absolute atomic E-state index is 11.2. The fraction of sp³-hybridized carbons (Fsp3) is 0.100. The summed E-state index contributed by atoms with van der Waals surface area (Å²) in [6.45, 7) is 1.54. The van der Waals surface area contributed by atoms with Crippen LogP contribution in [0.2, 0.25) is 0 Å². The van der Waals surface area contributed by atoms with Crippen molar-refractivity contribution in [3.8, 4) is 0 Å². The molecule has 13 heavy (non-hydrogen) atoms. The minimum atomic E-state index is 0.0335. The lowest BCUT2D eigenvalue weighted by atomic mass is 10.2. The Morgan fingerprint density at radius 3 is 2.69 bits per heavy atom. The van der Waals surface area contributed by atoms with Crippen molar-refractivity contribution in [3.63, 3.8) is 0 Å². The summed E-state index contributed by atoms with van der Waals surface area (Å²) in [6, 6.07) is 9.63. The van der Waals surface area contributed by atoms with Gasteiger partial charge in [-0.1, -0.05) is 31.0 Å². The number of para-hydroxylation sites is 1. The molecule has 0 amide bonds. The van der Waals surface area contributed by atoms with Crippen LogP contribution in [-0.4, -0.2) is 9.76 Å². The number of Topliss-reactive ketones (excluding diaryl/α,β-unsaturated/α-hetero) is 1. The predicted octanol–water partition coefficient (Wildman–Crippen LogP) is 2.54. The van der Waals surface area contributed by atoms with E-state index in [1.165, 1.54) is 0 Å². The Hall–Kier alpha value is -1.22.